The smallest absolute Gasteiger partial charge is 0.239 e. The van der Waals surface area contributed by atoms with E-state index in [1.165, 1.54) is 24.3 Å². The minimum absolute atomic E-state index is 0.0316. The summed E-state index contributed by atoms with van der Waals surface area (Å²) in [5, 5.41) is 11.9. The van der Waals surface area contributed by atoms with Crippen molar-refractivity contribution in [1.82, 2.24) is 4.31 Å². The van der Waals surface area contributed by atoms with E-state index >= 15 is 0 Å². The SMILES string of the molecule is CS(=O)(=O)N(CC(=O)Nc1ccc(C2(C#N)CC2)cc1)Cc1ccc(F)cc1. The molecule has 1 amide bonds. The highest BCUT2D eigenvalue weighted by Gasteiger charge is 2.44. The van der Waals surface area contributed by atoms with Crippen LogP contribution in [-0.4, -0.2) is 31.4 Å². The Balaban J connectivity index is 1.65. The van der Waals surface area contributed by atoms with Crippen molar-refractivity contribution in [2.75, 3.05) is 18.1 Å². The van der Waals surface area contributed by atoms with Gasteiger partial charge in [0, 0.05) is 12.2 Å². The molecule has 6 nitrogen and oxygen atoms in total. The van der Waals surface area contributed by atoms with Crippen molar-refractivity contribution in [3.63, 3.8) is 0 Å². The number of nitriles is 1. The predicted octanol–water partition coefficient (Wildman–Crippen LogP) is 2.78. The zero-order chi connectivity index (χ0) is 20.4. The van der Waals surface area contributed by atoms with Crippen LogP contribution in [0.2, 0.25) is 0 Å². The van der Waals surface area contributed by atoms with E-state index in [9.17, 15) is 22.9 Å². The first-order valence-corrected chi connectivity index (χ1v) is 10.6. The summed E-state index contributed by atoms with van der Waals surface area (Å²) in [5.74, 6) is -0.901. The van der Waals surface area contributed by atoms with E-state index in [1.54, 1.807) is 24.3 Å². The molecule has 0 heterocycles. The molecule has 1 saturated carbocycles. The highest BCUT2D eigenvalue weighted by molar-refractivity contribution is 7.88. The van der Waals surface area contributed by atoms with Crippen molar-refractivity contribution in [2.24, 2.45) is 0 Å². The lowest BCUT2D eigenvalue weighted by Crippen LogP contribution is -2.36. The molecule has 1 aliphatic carbocycles. The number of nitrogens with one attached hydrogen (secondary N) is 1. The Bertz CT molecular complexity index is 1010. The second kappa shape index (κ2) is 7.70. The summed E-state index contributed by atoms with van der Waals surface area (Å²) in [6.07, 6.45) is 2.69. The maximum atomic E-state index is 13.0. The second-order valence-electron chi connectivity index (χ2n) is 6.98. The van der Waals surface area contributed by atoms with Gasteiger partial charge in [-0.05, 0) is 48.2 Å². The highest BCUT2D eigenvalue weighted by atomic mass is 32.2. The highest BCUT2D eigenvalue weighted by Crippen LogP contribution is 2.47. The molecule has 2 aromatic rings. The first-order chi connectivity index (χ1) is 13.2. The molecule has 28 heavy (non-hydrogen) atoms. The van der Waals surface area contributed by atoms with Crippen molar-refractivity contribution in [1.29, 1.82) is 5.26 Å². The summed E-state index contributed by atoms with van der Waals surface area (Å²) in [7, 11) is -3.64. The molecule has 0 atom stereocenters. The Morgan fingerprint density at radius 2 is 1.79 bits per heavy atom. The summed E-state index contributed by atoms with van der Waals surface area (Å²) in [6.45, 7) is -0.393. The molecule has 0 bridgehead atoms. The minimum Gasteiger partial charge on any atom is -0.325 e. The van der Waals surface area contributed by atoms with Crippen LogP contribution >= 0.6 is 0 Å². The zero-order valence-electron chi connectivity index (χ0n) is 15.4. The van der Waals surface area contributed by atoms with E-state index in [4.69, 9.17) is 0 Å². The van der Waals surface area contributed by atoms with Gasteiger partial charge in [-0.1, -0.05) is 24.3 Å². The van der Waals surface area contributed by atoms with Gasteiger partial charge in [-0.25, -0.2) is 12.8 Å². The van der Waals surface area contributed by atoms with Crippen LogP contribution in [0.25, 0.3) is 0 Å². The lowest BCUT2D eigenvalue weighted by Gasteiger charge is -2.19. The molecule has 0 saturated heterocycles. The maximum Gasteiger partial charge on any atom is 0.239 e. The molecule has 1 N–H and O–H groups in total. The molecule has 0 aliphatic heterocycles. The number of rotatable bonds is 7. The van der Waals surface area contributed by atoms with Crippen molar-refractivity contribution < 1.29 is 17.6 Å². The third-order valence-corrected chi connectivity index (χ3v) is 5.94. The Kier molecular flexibility index (Phi) is 5.49. The molecule has 146 valence electrons. The monoisotopic (exact) mass is 401 g/mol. The van der Waals surface area contributed by atoms with Crippen LogP contribution in [-0.2, 0) is 26.8 Å². The first kappa shape index (κ1) is 20.0. The van der Waals surface area contributed by atoms with Crippen molar-refractivity contribution in [3.05, 3.63) is 65.5 Å². The molecule has 1 fully saturated rings. The Labute approximate surface area is 163 Å². The molecule has 3 rings (SSSR count). The Morgan fingerprint density at radius 3 is 2.29 bits per heavy atom. The molecular weight excluding hydrogens is 381 g/mol. The zero-order valence-corrected chi connectivity index (χ0v) is 16.2. The van der Waals surface area contributed by atoms with E-state index in [2.05, 4.69) is 11.4 Å². The van der Waals surface area contributed by atoms with Gasteiger partial charge in [-0.2, -0.15) is 9.57 Å². The van der Waals surface area contributed by atoms with Gasteiger partial charge >= 0.3 is 0 Å². The summed E-state index contributed by atoms with van der Waals surface area (Å²) in [4.78, 5) is 12.3. The predicted molar refractivity (Wildman–Crippen MR) is 103 cm³/mol. The fourth-order valence-electron chi connectivity index (χ4n) is 2.91. The summed E-state index contributed by atoms with van der Waals surface area (Å²) in [6, 6.07) is 14.8. The van der Waals surface area contributed by atoms with Crippen LogP contribution in [0.1, 0.15) is 24.0 Å². The second-order valence-corrected chi connectivity index (χ2v) is 8.96. The van der Waals surface area contributed by atoms with Crippen LogP contribution in [0.5, 0.6) is 0 Å². The number of hydrogen-bond acceptors (Lipinski definition) is 4. The largest absolute Gasteiger partial charge is 0.325 e. The first-order valence-electron chi connectivity index (χ1n) is 8.73. The molecule has 1 aliphatic rings. The lowest BCUT2D eigenvalue weighted by atomic mass is 9.98. The molecular formula is C20H20FN3O3S. The van der Waals surface area contributed by atoms with E-state index in [0.29, 0.717) is 11.3 Å². The number of amides is 1. The van der Waals surface area contributed by atoms with Gasteiger partial charge < -0.3 is 5.32 Å². The van der Waals surface area contributed by atoms with Gasteiger partial charge in [0.25, 0.3) is 0 Å². The Hall–Kier alpha value is -2.76. The van der Waals surface area contributed by atoms with Gasteiger partial charge in [0.1, 0.15) is 5.82 Å². The van der Waals surface area contributed by atoms with Crippen molar-refractivity contribution in [3.8, 4) is 6.07 Å². The van der Waals surface area contributed by atoms with Gasteiger partial charge in [-0.3, -0.25) is 4.79 Å². The van der Waals surface area contributed by atoms with Gasteiger partial charge in [0.15, 0.2) is 0 Å². The Morgan fingerprint density at radius 1 is 1.18 bits per heavy atom. The molecule has 2 aromatic carbocycles. The number of carbonyl (C=O) groups is 1. The van der Waals surface area contributed by atoms with E-state index < -0.39 is 27.2 Å². The third kappa shape index (κ3) is 4.74. The summed E-state index contributed by atoms with van der Waals surface area (Å²) >= 11 is 0. The number of hydrogen-bond donors (Lipinski definition) is 1. The molecule has 0 radical (unpaired) electrons. The van der Waals surface area contributed by atoms with Crippen LogP contribution in [0, 0.1) is 17.1 Å². The number of anilines is 1. The number of nitrogens with zero attached hydrogens (tertiary/aromatic N) is 2. The van der Waals surface area contributed by atoms with Crippen LogP contribution in [0.4, 0.5) is 10.1 Å². The third-order valence-electron chi connectivity index (χ3n) is 4.75. The number of sulfonamides is 1. The number of halogens is 1. The molecule has 0 spiro atoms. The summed E-state index contributed by atoms with van der Waals surface area (Å²) < 4.78 is 38.1. The van der Waals surface area contributed by atoms with Crippen LogP contribution in [0.15, 0.2) is 48.5 Å². The van der Waals surface area contributed by atoms with Gasteiger partial charge in [0.2, 0.25) is 15.9 Å². The molecule has 0 aromatic heterocycles. The quantitative estimate of drug-likeness (QED) is 0.772. The maximum absolute atomic E-state index is 13.0. The molecule has 8 heteroatoms. The lowest BCUT2D eigenvalue weighted by molar-refractivity contribution is -0.116. The van der Waals surface area contributed by atoms with E-state index in [-0.39, 0.29) is 13.1 Å². The normalized spacial score (nSPS) is 15.1. The van der Waals surface area contributed by atoms with E-state index in [1.807, 2.05) is 0 Å². The topological polar surface area (TPSA) is 90.3 Å². The molecule has 0 unspecified atom stereocenters. The van der Waals surface area contributed by atoms with Gasteiger partial charge in [-0.15, -0.1) is 0 Å². The fraction of sp³-hybridized carbons (Fsp3) is 0.300. The minimum atomic E-state index is -3.64. The summed E-state index contributed by atoms with van der Waals surface area (Å²) in [5.41, 5.74) is 1.63. The van der Waals surface area contributed by atoms with Crippen molar-refractivity contribution >= 4 is 21.6 Å². The van der Waals surface area contributed by atoms with Gasteiger partial charge in [0.05, 0.1) is 24.3 Å². The number of carbonyl (C=O) groups excluding carboxylic acids is 1. The van der Waals surface area contributed by atoms with Crippen molar-refractivity contribution in [2.45, 2.75) is 24.8 Å². The van der Waals surface area contributed by atoms with E-state index in [0.717, 1.165) is 29.0 Å². The average Bonchev–Trinajstić information content (AvgIpc) is 3.44. The fourth-order valence-corrected chi connectivity index (χ4v) is 3.64. The van der Waals surface area contributed by atoms with Crippen LogP contribution in [0.3, 0.4) is 0 Å². The standard InChI is InChI=1S/C20H20FN3O3S/c1-28(26,27)24(12-15-2-6-17(21)7-3-15)13-19(25)23-18-8-4-16(5-9-18)20(14-22)10-11-20/h2-9H,10-13H2,1H3,(H,23,25). The van der Waals surface area contributed by atoms with Crippen LogP contribution < -0.4 is 5.32 Å². The number of benzene rings is 2. The average molecular weight is 401 g/mol.